The first-order valence-electron chi connectivity index (χ1n) is 7.16. The molecule has 0 aliphatic carbocycles. The van der Waals surface area contributed by atoms with E-state index in [0.717, 1.165) is 11.3 Å². The number of guanidine groups is 1. The molecule has 0 atom stereocenters. The summed E-state index contributed by atoms with van der Waals surface area (Å²) in [7, 11) is -3.86. The Morgan fingerprint density at radius 1 is 1.27 bits per heavy atom. The van der Waals surface area contributed by atoms with Gasteiger partial charge in [0.1, 0.15) is 0 Å². The Labute approximate surface area is 167 Å². The number of rotatable bonds is 4. The normalized spacial score (nSPS) is 12.5. The third-order valence-corrected chi connectivity index (χ3v) is 8.10. The van der Waals surface area contributed by atoms with E-state index in [1.807, 2.05) is 12.1 Å². The van der Waals surface area contributed by atoms with Crippen LogP contribution < -0.4 is 11.5 Å². The third kappa shape index (κ3) is 3.37. The molecule has 0 unspecified atom stereocenters. The van der Waals surface area contributed by atoms with Gasteiger partial charge < -0.3 is 11.5 Å². The van der Waals surface area contributed by atoms with E-state index in [1.54, 1.807) is 25.1 Å². The van der Waals surface area contributed by atoms with Gasteiger partial charge in [0.2, 0.25) is 5.96 Å². The Morgan fingerprint density at radius 3 is 2.58 bits per heavy atom. The van der Waals surface area contributed by atoms with Gasteiger partial charge in [-0.05, 0) is 35.0 Å². The zero-order chi connectivity index (χ0) is 19.1. The third-order valence-electron chi connectivity index (χ3n) is 3.50. The summed E-state index contributed by atoms with van der Waals surface area (Å²) in [5, 5.41) is 8.30. The number of fused-ring (bicyclic) bond motifs is 1. The molecular weight excluding hydrogens is 462 g/mol. The first-order chi connectivity index (χ1) is 12.2. The number of para-hydroxylation sites is 1. The lowest BCUT2D eigenvalue weighted by molar-refractivity contribution is 0.591. The van der Waals surface area contributed by atoms with Gasteiger partial charge >= 0.3 is 0 Å². The van der Waals surface area contributed by atoms with E-state index in [2.05, 4.69) is 26.1 Å². The fraction of sp³-hybridized carbons (Fsp3) is 0.0667. The summed E-state index contributed by atoms with van der Waals surface area (Å²) in [6.45, 7) is 1.70. The van der Waals surface area contributed by atoms with Crippen LogP contribution in [0.4, 0.5) is 0 Å². The predicted molar refractivity (Wildman–Crippen MR) is 110 cm³/mol. The average Bonchev–Trinajstić information content (AvgIpc) is 3.13. The van der Waals surface area contributed by atoms with Crippen molar-refractivity contribution in [1.29, 1.82) is 0 Å². The number of aromatic nitrogens is 1. The SMILES string of the molecule is C/C(=N/N=C(N)N)c1cn(S(=O)(=O)c2sc(Cl)cc2Br)c2ccccc12. The number of nitrogens with two attached hydrogens (primary N) is 2. The van der Waals surface area contributed by atoms with Crippen molar-refractivity contribution in [2.75, 3.05) is 0 Å². The number of halogens is 2. The predicted octanol–water partition coefficient (Wildman–Crippen LogP) is 3.35. The largest absolute Gasteiger partial charge is 0.369 e. The van der Waals surface area contributed by atoms with Crippen LogP contribution in [0.5, 0.6) is 0 Å². The van der Waals surface area contributed by atoms with E-state index in [0.29, 0.717) is 31.0 Å². The summed E-state index contributed by atoms with van der Waals surface area (Å²) in [5.41, 5.74) is 12.2. The number of hydrogen-bond donors (Lipinski definition) is 2. The number of hydrogen-bond acceptors (Lipinski definition) is 5. The zero-order valence-corrected chi connectivity index (χ0v) is 17.3. The summed E-state index contributed by atoms with van der Waals surface area (Å²) < 4.78 is 28.4. The van der Waals surface area contributed by atoms with Crippen molar-refractivity contribution in [2.45, 2.75) is 11.1 Å². The van der Waals surface area contributed by atoms with Gasteiger partial charge in [-0.25, -0.2) is 3.97 Å². The summed E-state index contributed by atoms with van der Waals surface area (Å²) in [6, 6.07) is 8.65. The van der Waals surface area contributed by atoms with Crippen LogP contribution in [0.1, 0.15) is 12.5 Å². The van der Waals surface area contributed by atoms with Crippen LogP contribution in [0, 0.1) is 0 Å². The topological polar surface area (TPSA) is 116 Å². The summed E-state index contributed by atoms with van der Waals surface area (Å²) in [4.78, 5) is 0. The van der Waals surface area contributed by atoms with Gasteiger partial charge in [0.05, 0.1) is 20.0 Å². The van der Waals surface area contributed by atoms with Crippen LogP contribution in [0.3, 0.4) is 0 Å². The van der Waals surface area contributed by atoms with E-state index in [-0.39, 0.29) is 10.2 Å². The monoisotopic (exact) mass is 473 g/mol. The molecule has 3 aromatic rings. The molecule has 7 nitrogen and oxygen atoms in total. The van der Waals surface area contributed by atoms with Crippen molar-refractivity contribution in [1.82, 2.24) is 3.97 Å². The van der Waals surface area contributed by atoms with E-state index < -0.39 is 10.0 Å². The molecule has 136 valence electrons. The minimum Gasteiger partial charge on any atom is -0.369 e. The van der Waals surface area contributed by atoms with Crippen LogP contribution in [0.25, 0.3) is 10.9 Å². The summed E-state index contributed by atoms with van der Waals surface area (Å²) in [5.74, 6) is -0.183. The highest BCUT2D eigenvalue weighted by atomic mass is 79.9. The smallest absolute Gasteiger partial charge is 0.278 e. The van der Waals surface area contributed by atoms with Gasteiger partial charge in [0.15, 0.2) is 4.21 Å². The highest BCUT2D eigenvalue weighted by molar-refractivity contribution is 9.10. The maximum absolute atomic E-state index is 13.2. The molecular formula is C15H13BrClN5O2S2. The minimum absolute atomic E-state index is 0.119. The van der Waals surface area contributed by atoms with Crippen LogP contribution >= 0.6 is 38.9 Å². The Bertz CT molecular complexity index is 1160. The van der Waals surface area contributed by atoms with Crippen LogP contribution in [-0.4, -0.2) is 24.1 Å². The molecule has 0 saturated carbocycles. The van der Waals surface area contributed by atoms with E-state index in [4.69, 9.17) is 23.1 Å². The molecule has 0 aliphatic rings. The molecule has 0 bridgehead atoms. The molecule has 4 N–H and O–H groups in total. The standard InChI is InChI=1S/C15H13BrClN5O2S2/c1-8(20-21-15(18)19)10-7-22(12-5-3-2-4-9(10)12)26(23,24)14-11(16)6-13(17)25-14/h2-7H,1H3,(H4,18,19,21)/b20-8-. The number of nitrogens with zero attached hydrogens (tertiary/aromatic N) is 3. The first-order valence-corrected chi connectivity index (χ1v) is 10.6. The molecule has 2 aromatic heterocycles. The van der Waals surface area contributed by atoms with Gasteiger partial charge in [0, 0.05) is 17.1 Å². The average molecular weight is 475 g/mol. The molecule has 0 saturated heterocycles. The van der Waals surface area contributed by atoms with Crippen molar-refractivity contribution in [2.24, 2.45) is 21.7 Å². The van der Waals surface area contributed by atoms with Gasteiger partial charge in [0.25, 0.3) is 10.0 Å². The molecule has 0 spiro atoms. The molecule has 3 rings (SSSR count). The van der Waals surface area contributed by atoms with Crippen molar-refractivity contribution in [3.8, 4) is 0 Å². The second kappa shape index (κ2) is 7.03. The van der Waals surface area contributed by atoms with E-state index in [1.165, 1.54) is 10.2 Å². The van der Waals surface area contributed by atoms with E-state index in [9.17, 15) is 8.42 Å². The highest BCUT2D eigenvalue weighted by Crippen LogP contribution is 2.37. The molecule has 0 radical (unpaired) electrons. The maximum Gasteiger partial charge on any atom is 0.278 e. The van der Waals surface area contributed by atoms with Gasteiger partial charge in [-0.2, -0.15) is 13.5 Å². The molecule has 0 aliphatic heterocycles. The highest BCUT2D eigenvalue weighted by Gasteiger charge is 2.26. The molecule has 2 heterocycles. The van der Waals surface area contributed by atoms with Gasteiger partial charge in [-0.1, -0.05) is 29.8 Å². The van der Waals surface area contributed by atoms with Gasteiger partial charge in [-0.3, -0.25) is 0 Å². The van der Waals surface area contributed by atoms with Crippen molar-refractivity contribution in [3.05, 3.63) is 50.9 Å². The van der Waals surface area contributed by atoms with Crippen molar-refractivity contribution < 1.29 is 8.42 Å². The quantitative estimate of drug-likeness (QED) is 0.342. The minimum atomic E-state index is -3.86. The Kier molecular flexibility index (Phi) is 5.11. The van der Waals surface area contributed by atoms with Crippen LogP contribution in [0.2, 0.25) is 4.34 Å². The maximum atomic E-state index is 13.2. The Balaban J connectivity index is 2.27. The van der Waals surface area contributed by atoms with E-state index >= 15 is 0 Å². The zero-order valence-electron chi connectivity index (χ0n) is 13.3. The number of benzene rings is 1. The first kappa shape index (κ1) is 18.9. The molecule has 1 aromatic carbocycles. The lowest BCUT2D eigenvalue weighted by Crippen LogP contribution is -2.22. The molecule has 0 fully saturated rings. The fourth-order valence-electron chi connectivity index (χ4n) is 2.41. The lowest BCUT2D eigenvalue weighted by Gasteiger charge is -2.05. The number of thiophene rings is 1. The van der Waals surface area contributed by atoms with Crippen molar-refractivity contribution >= 4 is 71.5 Å². The van der Waals surface area contributed by atoms with Crippen LogP contribution in [-0.2, 0) is 10.0 Å². The Morgan fingerprint density at radius 2 is 1.96 bits per heavy atom. The van der Waals surface area contributed by atoms with Crippen LogP contribution in [0.15, 0.2) is 55.4 Å². The molecule has 26 heavy (non-hydrogen) atoms. The second-order valence-corrected chi connectivity index (χ2v) is 9.81. The summed E-state index contributed by atoms with van der Waals surface area (Å²) >= 11 is 10.2. The second-order valence-electron chi connectivity index (χ2n) is 5.26. The molecule has 0 amide bonds. The van der Waals surface area contributed by atoms with Crippen molar-refractivity contribution in [3.63, 3.8) is 0 Å². The summed E-state index contributed by atoms with van der Waals surface area (Å²) in [6.07, 6.45) is 1.50. The Hall–Kier alpha value is -1.88. The fourth-order valence-corrected chi connectivity index (χ4v) is 6.85. The lowest BCUT2D eigenvalue weighted by atomic mass is 10.1. The van der Waals surface area contributed by atoms with Gasteiger partial charge in [-0.15, -0.1) is 16.4 Å². The molecule has 11 heteroatoms.